The van der Waals surface area contributed by atoms with Crippen molar-refractivity contribution in [1.29, 1.82) is 0 Å². The van der Waals surface area contributed by atoms with E-state index in [1.165, 1.54) is 21.8 Å². The number of H-pyrrole nitrogens is 2. The summed E-state index contributed by atoms with van der Waals surface area (Å²) in [6, 6.07) is 0. The number of ether oxygens (including phenoxy) is 2. The van der Waals surface area contributed by atoms with Gasteiger partial charge in [-0.2, -0.15) is 9.97 Å². The van der Waals surface area contributed by atoms with Crippen molar-refractivity contribution < 1.29 is 46.5 Å². The molecular weight excluding hydrogens is 658 g/mol. The molecule has 3 aliphatic heterocycles. The molecule has 4 unspecified atom stereocenters. The minimum absolute atomic E-state index is 0.0359. The Labute approximate surface area is 256 Å². The van der Waals surface area contributed by atoms with Crippen molar-refractivity contribution in [3.05, 3.63) is 33.4 Å². The normalized spacial score (nSPS) is 37.1. The molecule has 4 aromatic heterocycles. The molecule has 24 heteroatoms. The van der Waals surface area contributed by atoms with E-state index in [2.05, 4.69) is 29.9 Å². The third kappa shape index (κ3) is 5.35. The third-order valence-corrected chi connectivity index (χ3v) is 10.0. The van der Waals surface area contributed by atoms with E-state index < -0.39 is 88.7 Å². The third-order valence-electron chi connectivity index (χ3n) is 8.06. The maximum absolute atomic E-state index is 13.3. The first-order valence-electron chi connectivity index (χ1n) is 13.8. The molecule has 0 aromatic carbocycles. The smallest absolute Gasteiger partial charge is 0.369 e. The van der Waals surface area contributed by atoms with Gasteiger partial charge in [0.15, 0.2) is 22.3 Å². The number of nitrogen functional groups attached to an aromatic ring is 2. The molecule has 7 heterocycles. The Morgan fingerprint density at radius 3 is 1.57 bits per heavy atom. The van der Waals surface area contributed by atoms with Crippen LogP contribution < -0.4 is 22.6 Å². The van der Waals surface area contributed by atoms with Crippen LogP contribution in [0.3, 0.4) is 0 Å². The highest BCUT2D eigenvalue weighted by Gasteiger charge is 2.52. The van der Waals surface area contributed by atoms with Crippen LogP contribution in [0.25, 0.3) is 22.3 Å². The van der Waals surface area contributed by atoms with Gasteiger partial charge in [-0.1, -0.05) is 13.8 Å². The summed E-state index contributed by atoms with van der Waals surface area (Å²) in [6.07, 6.45) is -4.34. The lowest BCUT2D eigenvalue weighted by molar-refractivity contribution is -0.0661. The molecule has 248 valence electrons. The predicted octanol–water partition coefficient (Wildman–Crippen LogP) is -0.498. The average molecular weight is 686 g/mol. The van der Waals surface area contributed by atoms with Crippen LogP contribution in [0.4, 0.5) is 11.9 Å². The van der Waals surface area contributed by atoms with Crippen molar-refractivity contribution in [3.8, 4) is 0 Å². The highest BCUT2D eigenvalue weighted by atomic mass is 31.2. The second kappa shape index (κ2) is 11.0. The van der Waals surface area contributed by atoms with Crippen LogP contribution in [-0.4, -0.2) is 86.5 Å². The highest BCUT2D eigenvalue weighted by Crippen LogP contribution is 2.55. The summed E-state index contributed by atoms with van der Waals surface area (Å²) in [6.45, 7) is 1.97. The zero-order valence-corrected chi connectivity index (χ0v) is 25.7. The van der Waals surface area contributed by atoms with Gasteiger partial charge >= 0.3 is 15.6 Å². The Hall–Kier alpha value is -3.56. The summed E-state index contributed by atoms with van der Waals surface area (Å²) in [7, 11) is -9.72. The van der Waals surface area contributed by atoms with E-state index in [0.29, 0.717) is 0 Å². The number of imidazole rings is 2. The van der Waals surface area contributed by atoms with Gasteiger partial charge in [-0.25, -0.2) is 19.1 Å². The standard InChI is InChI=1S/C22H28N10O12P2/c1-7-13-9(41-19(7)31-5-25-11-15(31)27-21(23)29-17(11)33)3-39-46(37,38)44-14-8(2)20(42-10(14)4-40-45(35,36)43-13)32-6-26-12-16(32)28-22(24)30-18(12)34/h5-10,13-14,19-20H,3-4H2,1-2H3,(H,35,36)(H,37,38)(H3,23,27,29,33)(H3,24,28,30,34)/t7-,8?,9-,10-,13?,14+,19+,20+/m0/s1. The molecule has 46 heavy (non-hydrogen) atoms. The van der Waals surface area contributed by atoms with E-state index >= 15 is 0 Å². The molecule has 3 saturated heterocycles. The van der Waals surface area contributed by atoms with Crippen molar-refractivity contribution >= 4 is 49.9 Å². The number of nitrogens with zero attached hydrogens (tertiary/aromatic N) is 6. The lowest BCUT2D eigenvalue weighted by Gasteiger charge is -2.28. The first-order valence-corrected chi connectivity index (χ1v) is 16.8. The lowest BCUT2D eigenvalue weighted by atomic mass is 10.0. The zero-order chi connectivity index (χ0) is 32.7. The topological polar surface area (TPSA) is 309 Å². The number of rotatable bonds is 2. The van der Waals surface area contributed by atoms with Crippen LogP contribution in [0.15, 0.2) is 22.2 Å². The maximum Gasteiger partial charge on any atom is 0.472 e. The number of aromatic amines is 2. The fraction of sp³-hybridized carbons (Fsp3) is 0.545. The van der Waals surface area contributed by atoms with Crippen molar-refractivity contribution in [2.75, 3.05) is 24.7 Å². The Kier molecular flexibility index (Phi) is 7.44. The van der Waals surface area contributed by atoms with Crippen LogP contribution >= 0.6 is 15.6 Å². The van der Waals surface area contributed by atoms with Crippen LogP contribution in [0.2, 0.25) is 0 Å². The van der Waals surface area contributed by atoms with E-state index in [4.69, 9.17) is 39.0 Å². The second-order valence-corrected chi connectivity index (χ2v) is 13.9. The maximum atomic E-state index is 13.3. The molecule has 10 atom stereocenters. The zero-order valence-electron chi connectivity index (χ0n) is 23.9. The van der Waals surface area contributed by atoms with E-state index in [1.807, 2.05) is 0 Å². The van der Waals surface area contributed by atoms with Gasteiger partial charge in [-0.05, 0) is 0 Å². The van der Waals surface area contributed by atoms with Gasteiger partial charge in [0.2, 0.25) is 11.9 Å². The number of nitrogens with two attached hydrogens (primary N) is 2. The van der Waals surface area contributed by atoms with Gasteiger partial charge < -0.3 is 30.7 Å². The van der Waals surface area contributed by atoms with E-state index in [1.54, 1.807) is 13.8 Å². The fourth-order valence-electron chi connectivity index (χ4n) is 5.96. The number of nitrogens with one attached hydrogen (secondary N) is 2. The van der Waals surface area contributed by atoms with Crippen molar-refractivity contribution in [2.24, 2.45) is 11.8 Å². The summed E-state index contributed by atoms with van der Waals surface area (Å²) in [5, 5.41) is 0. The monoisotopic (exact) mass is 686 g/mol. The van der Waals surface area contributed by atoms with Crippen LogP contribution in [0.1, 0.15) is 26.3 Å². The molecule has 0 amide bonds. The minimum atomic E-state index is -4.86. The quantitative estimate of drug-likeness (QED) is 0.145. The number of fused-ring (bicyclic) bond motifs is 4. The number of aromatic nitrogens is 8. The summed E-state index contributed by atoms with van der Waals surface area (Å²) in [4.78, 5) is 67.1. The Bertz CT molecular complexity index is 1900. The van der Waals surface area contributed by atoms with Gasteiger partial charge in [-0.3, -0.25) is 46.8 Å². The molecule has 0 aliphatic carbocycles. The van der Waals surface area contributed by atoms with Gasteiger partial charge in [0.25, 0.3) is 11.1 Å². The Morgan fingerprint density at radius 1 is 0.783 bits per heavy atom. The fourth-order valence-corrected chi connectivity index (χ4v) is 8.02. The van der Waals surface area contributed by atoms with Crippen LogP contribution in [0.5, 0.6) is 0 Å². The molecular formula is C22H28N10O12P2. The van der Waals surface area contributed by atoms with Crippen molar-refractivity contribution in [3.63, 3.8) is 0 Å². The lowest BCUT2D eigenvalue weighted by Crippen LogP contribution is -2.35. The number of phosphoric acid groups is 2. The first kappa shape index (κ1) is 31.1. The van der Waals surface area contributed by atoms with Gasteiger partial charge in [0, 0.05) is 11.8 Å². The molecule has 0 spiro atoms. The molecule has 0 bridgehead atoms. The van der Waals surface area contributed by atoms with E-state index in [9.17, 15) is 28.5 Å². The minimum Gasteiger partial charge on any atom is -0.369 e. The molecule has 8 N–H and O–H groups in total. The van der Waals surface area contributed by atoms with E-state index in [0.717, 1.165) is 0 Å². The average Bonchev–Trinajstić information content (AvgIpc) is 3.72. The van der Waals surface area contributed by atoms with Gasteiger partial charge in [0.1, 0.15) is 36.9 Å². The largest absolute Gasteiger partial charge is 0.472 e. The van der Waals surface area contributed by atoms with Crippen molar-refractivity contribution in [1.82, 2.24) is 39.0 Å². The Balaban J connectivity index is 1.18. The summed E-state index contributed by atoms with van der Waals surface area (Å²) >= 11 is 0. The van der Waals surface area contributed by atoms with Crippen LogP contribution in [0, 0.1) is 11.8 Å². The summed E-state index contributed by atoms with van der Waals surface area (Å²) in [5.41, 5.74) is 10.3. The molecule has 7 rings (SSSR count). The molecule has 0 radical (unpaired) electrons. The molecule has 0 saturated carbocycles. The second-order valence-electron chi connectivity index (χ2n) is 11.1. The number of anilines is 2. The van der Waals surface area contributed by atoms with Crippen LogP contribution in [-0.2, 0) is 36.7 Å². The number of hydrogen-bond donors (Lipinski definition) is 6. The predicted molar refractivity (Wildman–Crippen MR) is 153 cm³/mol. The van der Waals surface area contributed by atoms with Gasteiger partial charge in [0.05, 0.1) is 25.9 Å². The van der Waals surface area contributed by atoms with E-state index in [-0.39, 0.29) is 34.2 Å². The SMILES string of the molecule is CC1[C@H]2OP(=O)(O)OC[C@@H]3O[C@@H](n4cnc5c(=O)[nH]c(N)nc54)[C@@H](C)C3OP(=O)(O)OC[C@@H]2O[C@H]1n1cnc2c(=O)[nH]c(N)nc21. The summed E-state index contributed by atoms with van der Waals surface area (Å²) in [5.74, 6) is -1.86. The first-order chi connectivity index (χ1) is 21.7. The highest BCUT2D eigenvalue weighted by molar-refractivity contribution is 7.47. The molecule has 4 aromatic rings. The Morgan fingerprint density at radius 2 is 1.17 bits per heavy atom. The summed E-state index contributed by atoms with van der Waals surface area (Å²) < 4.78 is 63.1. The van der Waals surface area contributed by atoms with Gasteiger partial charge in [-0.15, -0.1) is 0 Å². The number of hydrogen-bond acceptors (Lipinski definition) is 16. The number of phosphoric ester groups is 2. The van der Waals surface area contributed by atoms with Crippen molar-refractivity contribution in [2.45, 2.75) is 50.7 Å². The molecule has 3 fully saturated rings. The molecule has 3 aliphatic rings. The molecule has 22 nitrogen and oxygen atoms in total.